The van der Waals surface area contributed by atoms with Gasteiger partial charge in [-0.3, -0.25) is 9.78 Å². The number of nitrogens with two attached hydrogens (primary N) is 1. The summed E-state index contributed by atoms with van der Waals surface area (Å²) in [5.41, 5.74) is 7.91. The van der Waals surface area contributed by atoms with Gasteiger partial charge < -0.3 is 20.5 Å². The van der Waals surface area contributed by atoms with Gasteiger partial charge in [-0.15, -0.1) is 0 Å². The maximum Gasteiger partial charge on any atom is 0.255 e. The fraction of sp³-hybridized carbons (Fsp3) is 0.182. The first-order chi connectivity index (χ1) is 15.3. The Bertz CT molecular complexity index is 1170. The van der Waals surface area contributed by atoms with Crippen molar-refractivity contribution in [1.82, 2.24) is 9.71 Å². The first kappa shape index (κ1) is 23.2. The van der Waals surface area contributed by atoms with Gasteiger partial charge in [0.2, 0.25) is 10.0 Å². The van der Waals surface area contributed by atoms with Gasteiger partial charge in [0.25, 0.3) is 5.91 Å². The molecule has 0 aliphatic rings. The summed E-state index contributed by atoms with van der Waals surface area (Å²) in [5.74, 6) is 0.301. The monoisotopic (exact) mass is 456 g/mol. The predicted octanol–water partition coefficient (Wildman–Crippen LogP) is 2.33. The molecule has 4 N–H and O–H groups in total. The average molecular weight is 457 g/mol. The van der Waals surface area contributed by atoms with Crippen molar-refractivity contribution in [2.75, 3.05) is 26.1 Å². The number of amides is 1. The fourth-order valence-corrected chi connectivity index (χ4v) is 4.15. The van der Waals surface area contributed by atoms with Crippen LogP contribution in [0.15, 0.2) is 71.9 Å². The summed E-state index contributed by atoms with van der Waals surface area (Å²) in [7, 11) is -1.06. The predicted molar refractivity (Wildman–Crippen MR) is 120 cm³/mol. The van der Waals surface area contributed by atoms with Crippen LogP contribution in [0.3, 0.4) is 0 Å². The lowest BCUT2D eigenvalue weighted by Gasteiger charge is -2.16. The topological polar surface area (TPSA) is 133 Å². The van der Waals surface area contributed by atoms with Crippen molar-refractivity contribution in [2.24, 2.45) is 5.73 Å². The van der Waals surface area contributed by atoms with E-state index in [0.717, 1.165) is 0 Å². The quantitative estimate of drug-likeness (QED) is 0.450. The van der Waals surface area contributed by atoms with Crippen LogP contribution in [0, 0.1) is 0 Å². The van der Waals surface area contributed by atoms with E-state index in [2.05, 4.69) is 15.0 Å². The van der Waals surface area contributed by atoms with Gasteiger partial charge in [0, 0.05) is 42.3 Å². The number of nitrogens with one attached hydrogen (secondary N) is 2. The largest absolute Gasteiger partial charge is 0.497 e. The second-order valence-electron chi connectivity index (χ2n) is 6.79. The molecule has 0 radical (unpaired) electrons. The minimum Gasteiger partial charge on any atom is -0.497 e. The van der Waals surface area contributed by atoms with E-state index in [1.807, 2.05) is 0 Å². The van der Waals surface area contributed by atoms with E-state index in [1.54, 1.807) is 54.9 Å². The fourth-order valence-electron chi connectivity index (χ4n) is 2.91. The van der Waals surface area contributed by atoms with Crippen LogP contribution in [0.2, 0.25) is 0 Å². The van der Waals surface area contributed by atoms with E-state index in [0.29, 0.717) is 22.6 Å². The summed E-state index contributed by atoms with van der Waals surface area (Å²) in [4.78, 5) is 16.2. The number of rotatable bonds is 9. The lowest BCUT2D eigenvalue weighted by atomic mass is 10.1. The minimum atomic E-state index is -3.90. The van der Waals surface area contributed by atoms with Crippen molar-refractivity contribution < 1.29 is 22.7 Å². The van der Waals surface area contributed by atoms with Gasteiger partial charge in [0.15, 0.2) is 0 Å². The summed E-state index contributed by atoms with van der Waals surface area (Å²) >= 11 is 0. The Labute approximate surface area is 186 Å². The highest BCUT2D eigenvalue weighted by Crippen LogP contribution is 2.28. The number of sulfonamides is 1. The van der Waals surface area contributed by atoms with Gasteiger partial charge >= 0.3 is 0 Å². The van der Waals surface area contributed by atoms with Crippen LogP contribution in [0.1, 0.15) is 22.0 Å². The van der Waals surface area contributed by atoms with Crippen molar-refractivity contribution >= 4 is 21.6 Å². The normalized spacial score (nSPS) is 12.1. The first-order valence-corrected chi connectivity index (χ1v) is 11.1. The number of benzene rings is 2. The number of carbonyl (C=O) groups excluding carboxylic acids is 1. The standard InChI is InChI=1S/C22H24N4O5S/c1-30-18-7-8-20(31-2)21(13-18)32(28,29)25-14-19(23)15-3-5-16(6-4-15)22(27)26-17-9-11-24-12-10-17/h3-13,19,25H,14,23H2,1-2H3,(H,24,26,27). The number of nitrogens with zero attached hydrogens (tertiary/aromatic N) is 1. The number of aromatic nitrogens is 1. The third kappa shape index (κ3) is 5.61. The molecule has 10 heteroatoms. The van der Waals surface area contributed by atoms with Crippen molar-refractivity contribution in [3.8, 4) is 11.5 Å². The highest BCUT2D eigenvalue weighted by Gasteiger charge is 2.21. The third-order valence-electron chi connectivity index (χ3n) is 4.69. The van der Waals surface area contributed by atoms with Gasteiger partial charge in [-0.2, -0.15) is 0 Å². The van der Waals surface area contributed by atoms with E-state index in [1.165, 1.54) is 26.4 Å². The van der Waals surface area contributed by atoms with Gasteiger partial charge in [-0.05, 0) is 42.0 Å². The highest BCUT2D eigenvalue weighted by atomic mass is 32.2. The number of ether oxygens (including phenoxy) is 2. The number of methoxy groups -OCH3 is 2. The molecule has 0 spiro atoms. The van der Waals surface area contributed by atoms with Crippen LogP contribution >= 0.6 is 0 Å². The Balaban J connectivity index is 1.66. The molecule has 0 saturated heterocycles. The van der Waals surface area contributed by atoms with E-state index >= 15 is 0 Å². The summed E-state index contributed by atoms with van der Waals surface area (Å²) in [5, 5.41) is 2.77. The summed E-state index contributed by atoms with van der Waals surface area (Å²) in [6.07, 6.45) is 3.17. The molecule has 0 saturated carbocycles. The molecular formula is C22H24N4O5S. The molecule has 1 aromatic heterocycles. The molecule has 0 bridgehead atoms. The Morgan fingerprint density at radius 3 is 2.34 bits per heavy atom. The molecule has 2 aromatic carbocycles. The van der Waals surface area contributed by atoms with Crippen molar-refractivity contribution in [1.29, 1.82) is 0 Å². The molecule has 1 amide bonds. The molecule has 168 valence electrons. The minimum absolute atomic E-state index is 0.0466. The molecule has 0 fully saturated rings. The van der Waals surface area contributed by atoms with Crippen LogP contribution in [0.25, 0.3) is 0 Å². The molecule has 0 aliphatic heterocycles. The lowest BCUT2D eigenvalue weighted by Crippen LogP contribution is -2.32. The molecule has 3 rings (SSSR count). The maximum absolute atomic E-state index is 12.8. The zero-order valence-electron chi connectivity index (χ0n) is 17.6. The van der Waals surface area contributed by atoms with Crippen molar-refractivity contribution in [3.05, 3.63) is 78.1 Å². The number of hydrogen-bond acceptors (Lipinski definition) is 7. The van der Waals surface area contributed by atoms with E-state index < -0.39 is 16.1 Å². The van der Waals surface area contributed by atoms with E-state index in [9.17, 15) is 13.2 Å². The molecule has 1 unspecified atom stereocenters. The van der Waals surface area contributed by atoms with Gasteiger partial charge in [0.1, 0.15) is 16.4 Å². The molecular weight excluding hydrogens is 432 g/mol. The second-order valence-corrected chi connectivity index (χ2v) is 8.52. The second kappa shape index (κ2) is 10.2. The molecule has 0 aliphatic carbocycles. The lowest BCUT2D eigenvalue weighted by molar-refractivity contribution is 0.102. The first-order valence-electron chi connectivity index (χ1n) is 9.62. The van der Waals surface area contributed by atoms with Crippen LogP contribution in [-0.2, 0) is 10.0 Å². The Hall–Kier alpha value is -3.47. The van der Waals surface area contributed by atoms with E-state index in [4.69, 9.17) is 15.2 Å². The Morgan fingerprint density at radius 1 is 1.03 bits per heavy atom. The summed E-state index contributed by atoms with van der Waals surface area (Å²) in [6.45, 7) is -0.0503. The number of carbonyl (C=O) groups is 1. The zero-order chi connectivity index (χ0) is 23.1. The maximum atomic E-state index is 12.8. The van der Waals surface area contributed by atoms with Crippen LogP contribution in [-0.4, -0.2) is 40.1 Å². The smallest absolute Gasteiger partial charge is 0.255 e. The number of hydrogen-bond donors (Lipinski definition) is 3. The number of anilines is 1. The zero-order valence-corrected chi connectivity index (χ0v) is 18.4. The van der Waals surface area contributed by atoms with E-state index in [-0.39, 0.29) is 23.1 Å². The van der Waals surface area contributed by atoms with Crippen LogP contribution < -0.4 is 25.2 Å². The SMILES string of the molecule is COc1ccc(OC)c(S(=O)(=O)NCC(N)c2ccc(C(=O)Nc3ccncc3)cc2)c1. The summed E-state index contributed by atoms with van der Waals surface area (Å²) in [6, 6.07) is 13.9. The van der Waals surface area contributed by atoms with Crippen molar-refractivity contribution in [2.45, 2.75) is 10.9 Å². The highest BCUT2D eigenvalue weighted by molar-refractivity contribution is 7.89. The Morgan fingerprint density at radius 2 is 1.72 bits per heavy atom. The average Bonchev–Trinajstić information content (AvgIpc) is 2.82. The van der Waals surface area contributed by atoms with Gasteiger partial charge in [-0.1, -0.05) is 12.1 Å². The van der Waals surface area contributed by atoms with Crippen LogP contribution in [0.4, 0.5) is 5.69 Å². The van der Waals surface area contributed by atoms with Gasteiger partial charge in [-0.25, -0.2) is 13.1 Å². The molecule has 32 heavy (non-hydrogen) atoms. The molecule has 3 aromatic rings. The van der Waals surface area contributed by atoms with Gasteiger partial charge in [0.05, 0.1) is 14.2 Å². The van der Waals surface area contributed by atoms with Crippen molar-refractivity contribution in [3.63, 3.8) is 0 Å². The number of pyridine rings is 1. The van der Waals surface area contributed by atoms with Crippen LogP contribution in [0.5, 0.6) is 11.5 Å². The molecule has 9 nitrogen and oxygen atoms in total. The third-order valence-corrected chi connectivity index (χ3v) is 6.14. The Kier molecular flexibility index (Phi) is 7.41. The molecule has 1 atom stereocenters. The summed E-state index contributed by atoms with van der Waals surface area (Å²) < 4.78 is 38.3. The molecule has 1 heterocycles.